The van der Waals surface area contributed by atoms with Gasteiger partial charge in [-0.2, -0.15) is 0 Å². The van der Waals surface area contributed by atoms with Crippen LogP contribution in [0.5, 0.6) is 11.5 Å². The average molecular weight is 437 g/mol. The van der Waals surface area contributed by atoms with Gasteiger partial charge in [0.1, 0.15) is 18.9 Å². The first-order valence-electron chi connectivity index (χ1n) is 9.25. The van der Waals surface area contributed by atoms with Gasteiger partial charge in [-0.25, -0.2) is 15.0 Å². The number of hydrogen-bond donors (Lipinski definition) is 0. The number of rotatable bonds is 5. The molecular formula is C21H16N4O3S2. The van der Waals surface area contributed by atoms with Crippen molar-refractivity contribution in [2.24, 2.45) is 0 Å². The van der Waals surface area contributed by atoms with Crippen molar-refractivity contribution in [2.45, 2.75) is 6.54 Å². The first kappa shape index (κ1) is 18.7. The van der Waals surface area contributed by atoms with Gasteiger partial charge in [-0.15, -0.1) is 22.7 Å². The Morgan fingerprint density at radius 1 is 1.03 bits per heavy atom. The maximum atomic E-state index is 13.4. The molecular weight excluding hydrogens is 420 g/mol. The van der Waals surface area contributed by atoms with Crippen molar-refractivity contribution in [3.05, 3.63) is 70.1 Å². The standard InChI is InChI=1S/C21H16N4O3S2/c26-21(16-13-30-20(24-16)19-22-6-2-7-23-19)25(12-15-3-1-10-29-15)14-4-5-17-18(11-14)28-9-8-27-17/h1-7,10-11,13H,8-9,12H2. The molecule has 0 radical (unpaired) electrons. The van der Waals surface area contributed by atoms with E-state index in [1.165, 1.54) is 11.3 Å². The van der Waals surface area contributed by atoms with Gasteiger partial charge in [-0.3, -0.25) is 4.79 Å². The minimum absolute atomic E-state index is 0.196. The summed E-state index contributed by atoms with van der Waals surface area (Å²) in [6.07, 6.45) is 3.31. The van der Waals surface area contributed by atoms with Crippen LogP contribution in [0.25, 0.3) is 10.8 Å². The van der Waals surface area contributed by atoms with Crippen molar-refractivity contribution in [3.8, 4) is 22.3 Å². The van der Waals surface area contributed by atoms with Gasteiger partial charge < -0.3 is 14.4 Å². The molecule has 4 aromatic rings. The normalized spacial score (nSPS) is 12.5. The Morgan fingerprint density at radius 3 is 2.67 bits per heavy atom. The molecule has 0 saturated heterocycles. The molecule has 1 amide bonds. The van der Waals surface area contributed by atoms with Gasteiger partial charge in [0.2, 0.25) is 0 Å². The number of aromatic nitrogens is 3. The minimum atomic E-state index is -0.196. The van der Waals surface area contributed by atoms with E-state index in [0.29, 0.717) is 47.8 Å². The van der Waals surface area contributed by atoms with Crippen molar-refractivity contribution in [1.82, 2.24) is 15.0 Å². The van der Waals surface area contributed by atoms with Crippen LogP contribution in [0.2, 0.25) is 0 Å². The van der Waals surface area contributed by atoms with Gasteiger partial charge >= 0.3 is 0 Å². The van der Waals surface area contributed by atoms with E-state index in [4.69, 9.17) is 9.47 Å². The van der Waals surface area contributed by atoms with E-state index in [1.54, 1.807) is 40.1 Å². The molecule has 0 atom stereocenters. The lowest BCUT2D eigenvalue weighted by Crippen LogP contribution is -2.30. The summed E-state index contributed by atoms with van der Waals surface area (Å²) >= 11 is 2.95. The predicted octanol–water partition coefficient (Wildman–Crippen LogP) is 4.28. The Morgan fingerprint density at radius 2 is 1.87 bits per heavy atom. The molecule has 0 aliphatic carbocycles. The summed E-state index contributed by atoms with van der Waals surface area (Å²) in [5, 5.41) is 4.35. The number of nitrogens with zero attached hydrogens (tertiary/aromatic N) is 4. The molecule has 1 aliphatic heterocycles. The summed E-state index contributed by atoms with van der Waals surface area (Å²) in [5.41, 5.74) is 1.08. The summed E-state index contributed by atoms with van der Waals surface area (Å²) in [4.78, 5) is 29.1. The lowest BCUT2D eigenvalue weighted by atomic mass is 10.2. The number of anilines is 1. The fraction of sp³-hybridized carbons (Fsp3) is 0.143. The van der Waals surface area contributed by atoms with Gasteiger partial charge in [0.05, 0.1) is 6.54 Å². The molecule has 0 unspecified atom stereocenters. The first-order chi connectivity index (χ1) is 14.8. The fourth-order valence-electron chi connectivity index (χ4n) is 3.06. The minimum Gasteiger partial charge on any atom is -0.486 e. The van der Waals surface area contributed by atoms with E-state index in [1.807, 2.05) is 35.7 Å². The van der Waals surface area contributed by atoms with Crippen molar-refractivity contribution in [1.29, 1.82) is 0 Å². The Balaban J connectivity index is 1.49. The number of hydrogen-bond acceptors (Lipinski definition) is 8. The number of carbonyl (C=O) groups excluding carboxylic acids is 1. The molecule has 5 rings (SSSR count). The molecule has 4 heterocycles. The third-order valence-electron chi connectivity index (χ3n) is 4.46. The second-order valence-electron chi connectivity index (χ2n) is 6.41. The second kappa shape index (κ2) is 8.21. The predicted molar refractivity (Wildman–Crippen MR) is 115 cm³/mol. The SMILES string of the molecule is O=C(c1csc(-c2ncccn2)n1)N(Cc1cccs1)c1ccc2c(c1)OCCO2. The van der Waals surface area contributed by atoms with Gasteiger partial charge in [0.25, 0.3) is 5.91 Å². The van der Waals surface area contributed by atoms with Crippen LogP contribution in [-0.2, 0) is 6.54 Å². The van der Waals surface area contributed by atoms with Crippen molar-refractivity contribution in [3.63, 3.8) is 0 Å². The van der Waals surface area contributed by atoms with Crippen molar-refractivity contribution in [2.75, 3.05) is 18.1 Å². The zero-order valence-corrected chi connectivity index (χ0v) is 17.4. The number of benzene rings is 1. The van der Waals surface area contributed by atoms with Gasteiger partial charge in [0, 0.05) is 34.4 Å². The van der Waals surface area contributed by atoms with E-state index in [9.17, 15) is 4.79 Å². The Hall–Kier alpha value is -3.30. The van der Waals surface area contributed by atoms with Gasteiger partial charge in [-0.1, -0.05) is 6.07 Å². The number of fused-ring (bicyclic) bond motifs is 1. The highest BCUT2D eigenvalue weighted by Gasteiger charge is 2.24. The van der Waals surface area contributed by atoms with Crippen LogP contribution in [0.1, 0.15) is 15.4 Å². The maximum Gasteiger partial charge on any atom is 0.278 e. The molecule has 150 valence electrons. The van der Waals surface area contributed by atoms with E-state index in [-0.39, 0.29) is 5.91 Å². The van der Waals surface area contributed by atoms with E-state index in [0.717, 1.165) is 10.6 Å². The van der Waals surface area contributed by atoms with Crippen LogP contribution in [0.4, 0.5) is 5.69 Å². The van der Waals surface area contributed by atoms with Crippen LogP contribution in [-0.4, -0.2) is 34.1 Å². The fourth-order valence-corrected chi connectivity index (χ4v) is 4.49. The van der Waals surface area contributed by atoms with Crippen LogP contribution in [0, 0.1) is 0 Å². The lowest BCUT2D eigenvalue weighted by Gasteiger charge is -2.24. The van der Waals surface area contributed by atoms with Crippen molar-refractivity contribution < 1.29 is 14.3 Å². The molecule has 1 aliphatic rings. The van der Waals surface area contributed by atoms with E-state index >= 15 is 0 Å². The molecule has 0 spiro atoms. The third-order valence-corrected chi connectivity index (χ3v) is 6.16. The molecule has 1 aromatic carbocycles. The molecule has 7 nitrogen and oxygen atoms in total. The van der Waals surface area contributed by atoms with Crippen LogP contribution in [0.3, 0.4) is 0 Å². The molecule has 0 N–H and O–H groups in total. The Bertz CT molecular complexity index is 1160. The summed E-state index contributed by atoms with van der Waals surface area (Å²) in [6.45, 7) is 1.44. The molecule has 9 heteroatoms. The zero-order chi connectivity index (χ0) is 20.3. The van der Waals surface area contributed by atoms with Gasteiger partial charge in [-0.05, 0) is 29.6 Å². The summed E-state index contributed by atoms with van der Waals surface area (Å²) in [7, 11) is 0. The molecule has 3 aromatic heterocycles. The Kier molecular flexibility index (Phi) is 5.12. The number of carbonyl (C=O) groups is 1. The average Bonchev–Trinajstić information content (AvgIpc) is 3.50. The van der Waals surface area contributed by atoms with E-state index in [2.05, 4.69) is 15.0 Å². The van der Waals surface area contributed by atoms with Crippen LogP contribution < -0.4 is 14.4 Å². The molecule has 30 heavy (non-hydrogen) atoms. The summed E-state index contributed by atoms with van der Waals surface area (Å²) in [5.74, 6) is 1.63. The van der Waals surface area contributed by atoms with Gasteiger partial charge in [0.15, 0.2) is 22.3 Å². The van der Waals surface area contributed by atoms with E-state index < -0.39 is 0 Å². The van der Waals surface area contributed by atoms with Crippen LogP contribution >= 0.6 is 22.7 Å². The largest absolute Gasteiger partial charge is 0.486 e. The van der Waals surface area contributed by atoms with Crippen LogP contribution in [0.15, 0.2) is 59.6 Å². The highest BCUT2D eigenvalue weighted by atomic mass is 32.1. The number of ether oxygens (including phenoxy) is 2. The number of thiophene rings is 1. The topological polar surface area (TPSA) is 77.4 Å². The lowest BCUT2D eigenvalue weighted by molar-refractivity contribution is 0.0981. The highest BCUT2D eigenvalue weighted by Crippen LogP contribution is 2.35. The monoisotopic (exact) mass is 436 g/mol. The maximum absolute atomic E-state index is 13.4. The highest BCUT2D eigenvalue weighted by molar-refractivity contribution is 7.13. The first-order valence-corrected chi connectivity index (χ1v) is 11.0. The number of amides is 1. The van der Waals surface area contributed by atoms with Crippen molar-refractivity contribution >= 4 is 34.3 Å². The zero-order valence-electron chi connectivity index (χ0n) is 15.7. The molecule has 0 bridgehead atoms. The summed E-state index contributed by atoms with van der Waals surface area (Å²) in [6, 6.07) is 11.3. The number of thiazole rings is 1. The summed E-state index contributed by atoms with van der Waals surface area (Å²) < 4.78 is 11.3. The molecule has 0 saturated carbocycles. The smallest absolute Gasteiger partial charge is 0.278 e. The quantitative estimate of drug-likeness (QED) is 0.465. The Labute approximate surface area is 180 Å². The second-order valence-corrected chi connectivity index (χ2v) is 8.30. The third kappa shape index (κ3) is 3.77. The molecule has 0 fully saturated rings.